The van der Waals surface area contributed by atoms with E-state index in [2.05, 4.69) is 0 Å². The van der Waals surface area contributed by atoms with Crippen LogP contribution in [0.25, 0.3) is 0 Å². The van der Waals surface area contributed by atoms with E-state index in [0.29, 0.717) is 5.71 Å². The van der Waals surface area contributed by atoms with Crippen LogP contribution in [-0.4, -0.2) is 5.71 Å². The first-order valence-corrected chi connectivity index (χ1v) is 8.16. The summed E-state index contributed by atoms with van der Waals surface area (Å²) in [5, 5.41) is 0. The maximum atomic E-state index is 6.34. The normalized spacial score (nSPS) is 27.3. The van der Waals surface area contributed by atoms with Gasteiger partial charge in [0.1, 0.15) is 5.71 Å². The van der Waals surface area contributed by atoms with Crippen LogP contribution in [0.1, 0.15) is 16.7 Å². The molecule has 0 saturated carbocycles. The molecule has 2 atom stereocenters. The molecule has 2 aliphatic heterocycles. The third-order valence-electron chi connectivity index (χ3n) is 4.46. The van der Waals surface area contributed by atoms with E-state index < -0.39 is 11.7 Å². The van der Waals surface area contributed by atoms with Gasteiger partial charge < -0.3 is 0 Å². The molecule has 0 amide bonds. The molecule has 122 valence electrons. The minimum absolute atomic E-state index is 0.703. The van der Waals surface area contributed by atoms with Gasteiger partial charge in [0.05, 0.1) is 0 Å². The number of hydrogen-bond acceptors (Lipinski definition) is 4. The molecule has 2 heterocycles. The molecule has 1 saturated heterocycles. The molecule has 4 nitrogen and oxygen atoms in total. The summed E-state index contributed by atoms with van der Waals surface area (Å²) in [5.74, 6) is -2.47. The Morgan fingerprint density at radius 1 is 0.600 bits per heavy atom. The zero-order valence-electron chi connectivity index (χ0n) is 13.3. The van der Waals surface area contributed by atoms with Gasteiger partial charge in [-0.1, -0.05) is 91.0 Å². The van der Waals surface area contributed by atoms with E-state index in [4.69, 9.17) is 19.5 Å². The lowest BCUT2D eigenvalue weighted by molar-refractivity contribution is -0.351. The molecular formula is C21H15NO3. The summed E-state index contributed by atoms with van der Waals surface area (Å²) >= 11 is 0. The van der Waals surface area contributed by atoms with Crippen LogP contribution in [0.15, 0.2) is 96.0 Å². The highest BCUT2D eigenvalue weighted by atomic mass is 17.3. The SMILES string of the molecule is c1ccc(C2=N[C@]3(c4ccccc4)OO[C@@]2(c2ccccc2)O3)cc1. The second-order valence-electron chi connectivity index (χ2n) is 6.03. The van der Waals surface area contributed by atoms with Gasteiger partial charge in [-0.05, 0) is 0 Å². The molecule has 0 radical (unpaired) electrons. The summed E-state index contributed by atoms with van der Waals surface area (Å²) in [7, 11) is 0. The smallest absolute Gasteiger partial charge is 0.280 e. The molecule has 1 fully saturated rings. The first-order valence-electron chi connectivity index (χ1n) is 8.16. The number of benzene rings is 3. The zero-order chi connectivity index (χ0) is 16.7. The molecule has 2 aliphatic rings. The van der Waals surface area contributed by atoms with E-state index in [1.54, 1.807) is 0 Å². The number of aliphatic imine (C=N–C) groups is 1. The Kier molecular flexibility index (Phi) is 3.12. The van der Waals surface area contributed by atoms with Crippen LogP contribution in [-0.2, 0) is 26.2 Å². The lowest BCUT2D eigenvalue weighted by Crippen LogP contribution is -2.35. The molecule has 0 N–H and O–H groups in total. The van der Waals surface area contributed by atoms with Crippen molar-refractivity contribution in [2.45, 2.75) is 11.7 Å². The summed E-state index contributed by atoms with van der Waals surface area (Å²) in [6.45, 7) is 0. The van der Waals surface area contributed by atoms with Gasteiger partial charge in [0.25, 0.3) is 5.79 Å². The van der Waals surface area contributed by atoms with Gasteiger partial charge in [0.15, 0.2) is 0 Å². The van der Waals surface area contributed by atoms with Gasteiger partial charge in [-0.3, -0.25) is 4.74 Å². The van der Waals surface area contributed by atoms with Crippen LogP contribution >= 0.6 is 0 Å². The summed E-state index contributed by atoms with van der Waals surface area (Å²) < 4.78 is 6.34. The fourth-order valence-electron chi connectivity index (χ4n) is 3.27. The number of ether oxygens (including phenoxy) is 1. The Morgan fingerprint density at radius 2 is 1.16 bits per heavy atom. The Hall–Kier alpha value is -2.79. The fraction of sp³-hybridized carbons (Fsp3) is 0.0952. The Bertz CT molecular complexity index is 927. The van der Waals surface area contributed by atoms with Crippen molar-refractivity contribution in [2.75, 3.05) is 0 Å². The molecule has 0 aliphatic carbocycles. The van der Waals surface area contributed by atoms with Gasteiger partial charge in [-0.2, -0.15) is 9.78 Å². The third kappa shape index (κ3) is 2.09. The fourth-order valence-corrected chi connectivity index (χ4v) is 3.27. The number of nitrogens with zero attached hydrogens (tertiary/aromatic N) is 1. The first-order chi connectivity index (χ1) is 12.3. The minimum atomic E-state index is -1.29. The molecular weight excluding hydrogens is 314 g/mol. The van der Waals surface area contributed by atoms with E-state index in [0.717, 1.165) is 16.7 Å². The number of hydrogen-bond donors (Lipinski definition) is 0. The summed E-state index contributed by atoms with van der Waals surface area (Å²) in [6, 6.07) is 29.3. The quantitative estimate of drug-likeness (QED) is 0.678. The van der Waals surface area contributed by atoms with Gasteiger partial charge >= 0.3 is 5.91 Å². The molecule has 0 spiro atoms. The van der Waals surface area contributed by atoms with Gasteiger partial charge in [0, 0.05) is 16.7 Å². The van der Waals surface area contributed by atoms with Crippen molar-refractivity contribution < 1.29 is 14.5 Å². The van der Waals surface area contributed by atoms with Crippen LogP contribution in [0.4, 0.5) is 0 Å². The monoisotopic (exact) mass is 329 g/mol. The van der Waals surface area contributed by atoms with E-state index in [1.165, 1.54) is 0 Å². The van der Waals surface area contributed by atoms with Crippen molar-refractivity contribution in [3.05, 3.63) is 108 Å². The zero-order valence-corrected chi connectivity index (χ0v) is 13.3. The summed E-state index contributed by atoms with van der Waals surface area (Å²) in [5.41, 5.74) is 3.27. The third-order valence-corrected chi connectivity index (χ3v) is 4.46. The van der Waals surface area contributed by atoms with Crippen LogP contribution in [0.5, 0.6) is 0 Å². The van der Waals surface area contributed by atoms with E-state index in [9.17, 15) is 0 Å². The van der Waals surface area contributed by atoms with Crippen molar-refractivity contribution in [1.82, 2.24) is 0 Å². The highest BCUT2D eigenvalue weighted by Gasteiger charge is 2.64. The Balaban J connectivity index is 1.72. The number of rotatable bonds is 3. The van der Waals surface area contributed by atoms with Gasteiger partial charge in [0.2, 0.25) is 0 Å². The lowest BCUT2D eigenvalue weighted by atomic mass is 9.95. The van der Waals surface area contributed by atoms with E-state index in [-0.39, 0.29) is 0 Å². The van der Waals surface area contributed by atoms with Crippen molar-refractivity contribution >= 4 is 5.71 Å². The highest BCUT2D eigenvalue weighted by molar-refractivity contribution is 6.07. The molecule has 3 aromatic carbocycles. The topological polar surface area (TPSA) is 40.0 Å². The molecule has 25 heavy (non-hydrogen) atoms. The van der Waals surface area contributed by atoms with Crippen LogP contribution < -0.4 is 0 Å². The summed E-state index contributed by atoms with van der Waals surface area (Å²) in [6.07, 6.45) is 0. The minimum Gasteiger partial charge on any atom is -0.280 e. The van der Waals surface area contributed by atoms with Crippen LogP contribution in [0.2, 0.25) is 0 Å². The molecule has 4 heteroatoms. The number of fused-ring (bicyclic) bond motifs is 2. The van der Waals surface area contributed by atoms with Gasteiger partial charge in [-0.15, -0.1) is 0 Å². The van der Waals surface area contributed by atoms with Crippen molar-refractivity contribution in [1.29, 1.82) is 0 Å². The maximum absolute atomic E-state index is 6.34. The first kappa shape index (κ1) is 14.5. The Morgan fingerprint density at radius 3 is 1.80 bits per heavy atom. The lowest BCUT2D eigenvalue weighted by Gasteiger charge is -2.24. The molecule has 0 unspecified atom stereocenters. The van der Waals surface area contributed by atoms with Crippen LogP contribution in [0, 0.1) is 0 Å². The average Bonchev–Trinajstić information content (AvgIpc) is 3.27. The van der Waals surface area contributed by atoms with Gasteiger partial charge in [-0.25, -0.2) is 4.99 Å². The average molecular weight is 329 g/mol. The van der Waals surface area contributed by atoms with Crippen molar-refractivity contribution in [3.63, 3.8) is 0 Å². The predicted molar refractivity (Wildman–Crippen MR) is 92.5 cm³/mol. The van der Waals surface area contributed by atoms with Crippen molar-refractivity contribution in [2.24, 2.45) is 4.99 Å². The van der Waals surface area contributed by atoms with Crippen LogP contribution in [0.3, 0.4) is 0 Å². The predicted octanol–water partition coefficient (Wildman–Crippen LogP) is 4.13. The molecule has 0 aromatic heterocycles. The molecule has 2 bridgehead atoms. The second-order valence-corrected chi connectivity index (χ2v) is 6.03. The van der Waals surface area contributed by atoms with Crippen molar-refractivity contribution in [3.8, 4) is 0 Å². The molecule has 3 aromatic rings. The van der Waals surface area contributed by atoms with E-state index in [1.807, 2.05) is 91.0 Å². The summed E-state index contributed by atoms with van der Waals surface area (Å²) in [4.78, 5) is 16.2. The standard InChI is InChI=1S/C21H15NO3/c1-4-10-16(11-5-1)19-20(17-12-6-2-7-13-17)23-21(22-19,25-24-20)18-14-8-3-9-15-18/h1-15H/t20-,21+/m1/s1. The maximum Gasteiger partial charge on any atom is 0.330 e. The second kappa shape index (κ2) is 5.36. The molecule has 5 rings (SSSR count). The Labute approximate surface area is 145 Å². The van der Waals surface area contributed by atoms with E-state index >= 15 is 0 Å². The highest BCUT2D eigenvalue weighted by Crippen LogP contribution is 2.53. The largest absolute Gasteiger partial charge is 0.330 e.